The average Bonchev–Trinajstić information content (AvgIpc) is 1.90. The summed E-state index contributed by atoms with van der Waals surface area (Å²) in [6.45, 7) is 0. The Hall–Kier alpha value is 0.124. The fourth-order valence-electron chi connectivity index (χ4n) is 0.499. The van der Waals surface area contributed by atoms with E-state index in [0.29, 0.717) is 0 Å². The van der Waals surface area contributed by atoms with Crippen molar-refractivity contribution in [1.82, 2.24) is 0 Å². The molecule has 0 N–H and O–H groups in total. The molecule has 0 bridgehead atoms. The Bertz CT molecular complexity index is 150. The van der Waals surface area contributed by atoms with Crippen LogP contribution < -0.4 is 2.05 Å². The maximum atomic E-state index is 5.04. The number of hydrogen-bond donors (Lipinski definition) is 0. The molecule has 8 heavy (non-hydrogen) atoms. The van der Waals surface area contributed by atoms with Gasteiger partial charge in [0.15, 0.2) is 0 Å². The van der Waals surface area contributed by atoms with Gasteiger partial charge in [0.05, 0.1) is 0 Å². The summed E-state index contributed by atoms with van der Waals surface area (Å²) in [5.74, 6) is 0.968. The summed E-state index contributed by atoms with van der Waals surface area (Å²) in [5, 5.41) is 0. The van der Waals surface area contributed by atoms with Crippen molar-refractivity contribution in [3.05, 3.63) is 30.3 Å². The zero-order valence-corrected chi connectivity index (χ0v) is 7.21. The van der Waals surface area contributed by atoms with Crippen LogP contribution in [0.5, 0.6) is 5.75 Å². The maximum absolute atomic E-state index is 5.04. The monoisotopic (exact) mass is 182 g/mol. The van der Waals surface area contributed by atoms with Crippen molar-refractivity contribution in [2.24, 2.45) is 0 Å². The standard InChI is InChI=1S/C6H6O.Y/c7-6-4-2-1-3-5-6;/h1-5,7H;/q;+1/p-1. The van der Waals surface area contributed by atoms with Crippen molar-refractivity contribution < 1.29 is 33.5 Å². The van der Waals surface area contributed by atoms with Gasteiger partial charge < -0.3 is 0 Å². The summed E-state index contributed by atoms with van der Waals surface area (Å²) >= 11 is 0.833. The van der Waals surface area contributed by atoms with Gasteiger partial charge in [-0.05, 0) is 0 Å². The van der Waals surface area contributed by atoms with Crippen molar-refractivity contribution in [3.63, 3.8) is 0 Å². The van der Waals surface area contributed by atoms with Crippen molar-refractivity contribution in [3.8, 4) is 5.75 Å². The summed E-state index contributed by atoms with van der Waals surface area (Å²) < 4.78 is 5.04. The molecule has 0 aliphatic rings. The van der Waals surface area contributed by atoms with E-state index in [1.807, 2.05) is 30.3 Å². The first kappa shape index (κ1) is 6.25. The van der Waals surface area contributed by atoms with Gasteiger partial charge >= 0.3 is 69.6 Å². The van der Waals surface area contributed by atoms with Crippen LogP contribution in [0, 0.1) is 0 Å². The Kier molecular flexibility index (Phi) is 2.51. The first-order valence-electron chi connectivity index (χ1n) is 2.35. The van der Waals surface area contributed by atoms with Crippen LogP contribution in [0.25, 0.3) is 0 Å². The van der Waals surface area contributed by atoms with Crippen LogP contribution in [0.3, 0.4) is 0 Å². The topological polar surface area (TPSA) is 9.23 Å². The Balaban J connectivity index is 2.83. The Morgan fingerprint density at radius 1 is 1.12 bits per heavy atom. The molecule has 1 rings (SSSR count). The summed E-state index contributed by atoms with van der Waals surface area (Å²) in [6.07, 6.45) is 0. The third kappa shape index (κ3) is 1.57. The first-order chi connectivity index (χ1) is 3.93. The molecule has 38 valence electrons. The number of hydrogen-bond acceptors (Lipinski definition) is 1. The van der Waals surface area contributed by atoms with Crippen LogP contribution in [0.4, 0.5) is 0 Å². The van der Waals surface area contributed by atoms with Crippen LogP contribution in [0.1, 0.15) is 0 Å². The van der Waals surface area contributed by atoms with E-state index in [4.69, 9.17) is 2.05 Å². The Morgan fingerprint density at radius 2 is 1.75 bits per heavy atom. The molecule has 1 nitrogen and oxygen atoms in total. The van der Waals surface area contributed by atoms with Gasteiger partial charge in [0.25, 0.3) is 0 Å². The second kappa shape index (κ2) is 3.21. The number of benzene rings is 1. The number of para-hydroxylation sites is 1. The van der Waals surface area contributed by atoms with Crippen LogP contribution >= 0.6 is 0 Å². The zero-order valence-electron chi connectivity index (χ0n) is 4.37. The van der Waals surface area contributed by atoms with Gasteiger partial charge in [0.2, 0.25) is 0 Å². The minimum atomic E-state index is 0.833. The van der Waals surface area contributed by atoms with E-state index in [0.717, 1.165) is 37.2 Å². The van der Waals surface area contributed by atoms with Crippen LogP contribution in [0.15, 0.2) is 30.3 Å². The van der Waals surface area contributed by atoms with Crippen LogP contribution in [0.2, 0.25) is 0 Å². The summed E-state index contributed by atoms with van der Waals surface area (Å²) in [7, 11) is 0. The summed E-state index contributed by atoms with van der Waals surface area (Å²) in [4.78, 5) is 0. The van der Waals surface area contributed by atoms with Gasteiger partial charge in [0.1, 0.15) is 0 Å². The zero-order chi connectivity index (χ0) is 5.82. The van der Waals surface area contributed by atoms with E-state index in [9.17, 15) is 0 Å². The van der Waals surface area contributed by atoms with Crippen LogP contribution in [-0.4, -0.2) is 0 Å². The molecule has 0 unspecified atom stereocenters. The van der Waals surface area contributed by atoms with E-state index in [1.54, 1.807) is 0 Å². The molecule has 0 atom stereocenters. The molecule has 0 heterocycles. The van der Waals surface area contributed by atoms with E-state index >= 15 is 0 Å². The molecular weight excluding hydrogens is 177 g/mol. The predicted octanol–water partition coefficient (Wildman–Crippen LogP) is 1.53. The van der Waals surface area contributed by atoms with E-state index in [1.165, 1.54) is 0 Å². The van der Waals surface area contributed by atoms with Gasteiger partial charge in [0, 0.05) is 0 Å². The second-order valence-corrected chi connectivity index (χ2v) is 2.01. The van der Waals surface area contributed by atoms with Crippen molar-refractivity contribution >= 4 is 0 Å². The fraction of sp³-hybridized carbons (Fsp3) is 0. The van der Waals surface area contributed by atoms with Crippen molar-refractivity contribution in [2.75, 3.05) is 0 Å². The summed E-state index contributed by atoms with van der Waals surface area (Å²) in [6, 6.07) is 9.80. The quantitative estimate of drug-likeness (QED) is 0.639. The molecule has 0 aliphatic heterocycles. The predicted molar refractivity (Wildman–Crippen MR) is 27.1 cm³/mol. The van der Waals surface area contributed by atoms with E-state index in [2.05, 4.69) is 0 Å². The van der Waals surface area contributed by atoms with Gasteiger partial charge in [-0.15, -0.1) is 0 Å². The Labute approximate surface area is 69.3 Å². The molecule has 0 aliphatic carbocycles. The fourth-order valence-corrected chi connectivity index (χ4v) is 0.885. The van der Waals surface area contributed by atoms with Crippen molar-refractivity contribution in [1.29, 1.82) is 0 Å². The molecule has 0 saturated heterocycles. The molecule has 0 fully saturated rings. The van der Waals surface area contributed by atoms with E-state index < -0.39 is 0 Å². The molecule has 0 aromatic heterocycles. The van der Waals surface area contributed by atoms with Crippen LogP contribution in [-0.2, 0) is 31.5 Å². The molecule has 0 amide bonds. The van der Waals surface area contributed by atoms with Gasteiger partial charge in [-0.25, -0.2) is 0 Å². The van der Waals surface area contributed by atoms with Gasteiger partial charge in [-0.1, -0.05) is 0 Å². The molecule has 0 radical (unpaired) electrons. The third-order valence-electron chi connectivity index (χ3n) is 0.879. The average molecular weight is 182 g/mol. The van der Waals surface area contributed by atoms with E-state index in [-0.39, 0.29) is 0 Å². The SMILES string of the molecule is [Y][O]c1ccccc1. The molecule has 1 aromatic carbocycles. The molecule has 2 heteroatoms. The molecular formula is C6H5OY. The molecule has 0 spiro atoms. The molecule has 1 aromatic rings. The van der Waals surface area contributed by atoms with Crippen molar-refractivity contribution in [2.45, 2.75) is 0 Å². The second-order valence-electron chi connectivity index (χ2n) is 1.43. The number of rotatable bonds is 1. The third-order valence-corrected chi connectivity index (χ3v) is 1.55. The molecule has 0 saturated carbocycles. The van der Waals surface area contributed by atoms with Gasteiger partial charge in [-0.2, -0.15) is 0 Å². The van der Waals surface area contributed by atoms with Gasteiger partial charge in [-0.3, -0.25) is 0 Å². The summed E-state index contributed by atoms with van der Waals surface area (Å²) in [5.41, 5.74) is 0. The Morgan fingerprint density at radius 3 is 2.12 bits per heavy atom. The minimum absolute atomic E-state index is 0.833. The first-order valence-corrected chi connectivity index (χ1v) is 3.51. The normalized spacial score (nSPS) is 8.38.